The summed E-state index contributed by atoms with van der Waals surface area (Å²) in [5, 5.41) is 11.4. The van der Waals surface area contributed by atoms with Crippen LogP contribution < -0.4 is 21.3 Å². The van der Waals surface area contributed by atoms with Crippen molar-refractivity contribution in [2.24, 2.45) is 5.41 Å². The van der Waals surface area contributed by atoms with Crippen LogP contribution >= 0.6 is 0 Å². The van der Waals surface area contributed by atoms with Gasteiger partial charge >= 0.3 is 18.3 Å². The Morgan fingerprint density at radius 3 is 1.86 bits per heavy atom. The van der Waals surface area contributed by atoms with Crippen LogP contribution in [0, 0.1) is 5.41 Å². The first-order valence-electron chi connectivity index (χ1n) is 22.9. The average Bonchev–Trinajstić information content (AvgIpc) is 3.81. The quantitative estimate of drug-likeness (QED) is 0.157. The van der Waals surface area contributed by atoms with Gasteiger partial charge in [0, 0.05) is 26.6 Å². The minimum Gasteiger partial charge on any atom is -0.449 e. The highest BCUT2D eigenvalue weighted by atomic mass is 16.6. The van der Waals surface area contributed by atoms with Gasteiger partial charge in [-0.05, 0) is 113 Å². The number of nitrogens with zero attached hydrogens (tertiary/aromatic N) is 2. The minimum absolute atomic E-state index is 0.0260. The first kappa shape index (κ1) is 50.9. The van der Waals surface area contributed by atoms with Crippen LogP contribution in [0.4, 0.5) is 14.4 Å². The molecule has 0 bridgehead atoms. The fourth-order valence-electron chi connectivity index (χ4n) is 8.49. The Morgan fingerprint density at radius 1 is 0.758 bits per heavy atom. The maximum atomic E-state index is 14.7. The van der Waals surface area contributed by atoms with Gasteiger partial charge in [-0.2, -0.15) is 0 Å². The second-order valence-corrected chi connectivity index (χ2v) is 20.4. The third kappa shape index (κ3) is 13.0. The van der Waals surface area contributed by atoms with Crippen molar-refractivity contribution in [2.45, 2.75) is 142 Å². The maximum Gasteiger partial charge on any atom is 0.410 e. The Morgan fingerprint density at radius 2 is 1.32 bits per heavy atom. The van der Waals surface area contributed by atoms with Crippen LogP contribution in [0.25, 0.3) is 11.1 Å². The summed E-state index contributed by atoms with van der Waals surface area (Å²) in [6.07, 6.45) is 1.05. The Labute approximate surface area is 390 Å². The number of carbonyl (C=O) groups is 6. The standard InChI is InChI=1S/C45H57N5O7.C6H13NO2/c1-27(49(8)43(55)57-45(5,6)7)39(51)48-38(44(2,3)4)41(53)50-25-29(24-37(50)40(52)47-36-23-15-17-28-16-9-10-18-30(28)36)46-42(54)56-26-35-33-21-13-11-19-31(33)32-20-12-14-22-34(32)35;1-6(2,3)9-5(8)7-4/h9-14,16,18-22,27,29,35-38H,15,17,23-26H2,1-8H3,(H,46,54)(H,47,52)(H,48,51);1-4H3,(H,7,8)/t27-,29-,36+,37-,38+;/m0./s1. The van der Waals surface area contributed by atoms with Crippen molar-refractivity contribution in [3.05, 3.63) is 95.1 Å². The van der Waals surface area contributed by atoms with E-state index in [0.29, 0.717) is 0 Å². The number of nitrogens with one attached hydrogen (secondary N) is 4. The van der Waals surface area contributed by atoms with Gasteiger partial charge in [-0.1, -0.05) is 93.6 Å². The third-order valence-electron chi connectivity index (χ3n) is 11.9. The Kier molecular flexibility index (Phi) is 16.2. The maximum absolute atomic E-state index is 14.7. The molecule has 3 aromatic carbocycles. The number of ether oxygens (including phenoxy) is 3. The molecule has 1 aliphatic heterocycles. The van der Waals surface area contributed by atoms with Crippen LogP contribution in [-0.4, -0.2) is 108 Å². The lowest BCUT2D eigenvalue weighted by Gasteiger charge is -2.37. The molecule has 3 aliphatic rings. The molecule has 0 saturated carbocycles. The Hall–Kier alpha value is -6.12. The average molecular weight is 911 g/mol. The number of hydrogen-bond donors (Lipinski definition) is 4. The van der Waals surface area contributed by atoms with Crippen LogP contribution in [0.3, 0.4) is 0 Å². The van der Waals surface area contributed by atoms with Crippen molar-refractivity contribution in [3.63, 3.8) is 0 Å². The lowest BCUT2D eigenvalue weighted by molar-refractivity contribution is -0.144. The third-order valence-corrected chi connectivity index (χ3v) is 11.9. The van der Waals surface area contributed by atoms with Gasteiger partial charge in [0.2, 0.25) is 17.7 Å². The fraction of sp³-hybridized carbons (Fsp3) is 0.529. The number of carbonyl (C=O) groups excluding carboxylic acids is 6. The summed E-state index contributed by atoms with van der Waals surface area (Å²) < 4.78 is 16.1. The molecular formula is C51H70N6O9. The van der Waals surface area contributed by atoms with Crippen LogP contribution in [0.2, 0.25) is 0 Å². The molecule has 1 heterocycles. The van der Waals surface area contributed by atoms with Crippen molar-refractivity contribution in [1.29, 1.82) is 0 Å². The first-order chi connectivity index (χ1) is 30.9. The summed E-state index contributed by atoms with van der Waals surface area (Å²) in [5.74, 6) is -1.48. The van der Waals surface area contributed by atoms with Gasteiger partial charge < -0.3 is 40.4 Å². The van der Waals surface area contributed by atoms with E-state index in [1.165, 1.54) is 29.5 Å². The van der Waals surface area contributed by atoms with Crippen molar-refractivity contribution in [2.75, 3.05) is 27.2 Å². The zero-order valence-electron chi connectivity index (χ0n) is 40.7. The van der Waals surface area contributed by atoms with E-state index in [2.05, 4.69) is 51.6 Å². The summed E-state index contributed by atoms with van der Waals surface area (Å²) >= 11 is 0. The topological polar surface area (TPSA) is 185 Å². The lowest BCUT2D eigenvalue weighted by Crippen LogP contribution is -2.60. The van der Waals surface area contributed by atoms with E-state index in [9.17, 15) is 28.8 Å². The van der Waals surface area contributed by atoms with Gasteiger partial charge in [-0.3, -0.25) is 19.3 Å². The zero-order valence-corrected chi connectivity index (χ0v) is 40.7. The number of amides is 6. The number of rotatable bonds is 9. The van der Waals surface area contributed by atoms with Crippen LogP contribution in [-0.2, 0) is 35.0 Å². The highest BCUT2D eigenvalue weighted by molar-refractivity contribution is 5.95. The molecule has 0 radical (unpaired) electrons. The van der Waals surface area contributed by atoms with Gasteiger partial charge in [0.1, 0.15) is 35.9 Å². The van der Waals surface area contributed by atoms with Crippen molar-refractivity contribution in [3.8, 4) is 11.1 Å². The van der Waals surface area contributed by atoms with Crippen LogP contribution in [0.5, 0.6) is 0 Å². The number of hydrogen-bond acceptors (Lipinski definition) is 9. The van der Waals surface area contributed by atoms with Gasteiger partial charge in [0.15, 0.2) is 0 Å². The molecule has 2 aliphatic carbocycles. The number of benzene rings is 3. The molecule has 0 unspecified atom stereocenters. The van der Waals surface area contributed by atoms with Crippen molar-refractivity contribution >= 4 is 36.0 Å². The number of likely N-dealkylation sites (N-methyl/N-ethyl adjacent to an activating group) is 1. The molecule has 6 amide bonds. The van der Waals surface area contributed by atoms with E-state index in [4.69, 9.17) is 14.2 Å². The van der Waals surface area contributed by atoms with E-state index >= 15 is 0 Å². The first-order valence-corrected chi connectivity index (χ1v) is 22.9. The molecule has 4 N–H and O–H groups in total. The van der Waals surface area contributed by atoms with Gasteiger partial charge in [0.05, 0.1) is 12.1 Å². The second-order valence-electron chi connectivity index (χ2n) is 20.4. The number of likely N-dealkylation sites (tertiary alicyclic amines) is 1. The van der Waals surface area contributed by atoms with Crippen molar-refractivity contribution in [1.82, 2.24) is 31.1 Å². The van der Waals surface area contributed by atoms with Gasteiger partial charge in [0.25, 0.3) is 0 Å². The van der Waals surface area contributed by atoms with E-state index in [0.717, 1.165) is 47.1 Å². The van der Waals surface area contributed by atoms with Crippen molar-refractivity contribution < 1.29 is 43.0 Å². The largest absolute Gasteiger partial charge is 0.449 e. The van der Waals surface area contributed by atoms with E-state index in [-0.39, 0.29) is 49.1 Å². The second kappa shape index (κ2) is 21.0. The molecule has 66 heavy (non-hydrogen) atoms. The molecule has 0 aromatic heterocycles. The molecule has 0 spiro atoms. The SMILES string of the molecule is CNC(=O)OC(C)(C)C.C[C@@H](C(=O)N[C@H](C(=O)N1C[C@@H](NC(=O)OCC2c3ccccc3-c3ccccc32)C[C@H]1C(=O)N[C@@H]1CCCc2ccccc21)C(C)(C)C)N(C)C(=O)OC(C)(C)C. The molecule has 15 nitrogen and oxygen atoms in total. The molecule has 5 atom stereocenters. The summed E-state index contributed by atoms with van der Waals surface area (Å²) in [5.41, 5.74) is 4.72. The molecule has 1 saturated heterocycles. The summed E-state index contributed by atoms with van der Waals surface area (Å²) in [6.45, 7) is 17.9. The molecular weight excluding hydrogens is 841 g/mol. The normalized spacial score (nSPS) is 18.7. The number of alkyl carbamates (subject to hydrolysis) is 2. The smallest absolute Gasteiger partial charge is 0.410 e. The minimum atomic E-state index is -1.07. The van der Waals surface area contributed by atoms with E-state index in [1.807, 2.05) is 84.0 Å². The molecule has 358 valence electrons. The van der Waals surface area contributed by atoms with Crippen LogP contribution in [0.15, 0.2) is 72.8 Å². The number of aryl methyl sites for hydroxylation is 1. The predicted molar refractivity (Wildman–Crippen MR) is 253 cm³/mol. The molecule has 15 heteroatoms. The Balaban J connectivity index is 0.000000820. The summed E-state index contributed by atoms with van der Waals surface area (Å²) in [4.78, 5) is 82.1. The van der Waals surface area contributed by atoms with E-state index < -0.39 is 59.2 Å². The Bertz CT molecular complexity index is 2200. The molecule has 6 rings (SSSR count). The van der Waals surface area contributed by atoms with Crippen LogP contribution in [0.1, 0.15) is 123 Å². The van der Waals surface area contributed by atoms with Gasteiger partial charge in [-0.25, -0.2) is 14.4 Å². The number of fused-ring (bicyclic) bond motifs is 4. The van der Waals surface area contributed by atoms with E-state index in [1.54, 1.807) is 27.7 Å². The van der Waals surface area contributed by atoms with Gasteiger partial charge in [-0.15, -0.1) is 0 Å². The monoisotopic (exact) mass is 911 g/mol. The summed E-state index contributed by atoms with van der Waals surface area (Å²) in [6, 6.07) is 20.4. The summed E-state index contributed by atoms with van der Waals surface area (Å²) in [7, 11) is 3.00. The lowest BCUT2D eigenvalue weighted by atomic mass is 9.85. The highest BCUT2D eigenvalue weighted by Gasteiger charge is 2.46. The molecule has 1 fully saturated rings. The fourth-order valence-corrected chi connectivity index (χ4v) is 8.49. The highest BCUT2D eigenvalue weighted by Crippen LogP contribution is 2.44. The molecule has 3 aromatic rings. The zero-order chi connectivity index (χ0) is 48.7. The predicted octanol–water partition coefficient (Wildman–Crippen LogP) is 7.62.